The first kappa shape index (κ1) is 17.4. The normalized spacial score (nSPS) is 10.8. The first-order valence-electron chi connectivity index (χ1n) is 7.28. The monoisotopic (exact) mass is 331 g/mol. The summed E-state index contributed by atoms with van der Waals surface area (Å²) >= 11 is 0. The van der Waals surface area contributed by atoms with E-state index in [9.17, 15) is 18.7 Å². The summed E-state index contributed by atoms with van der Waals surface area (Å²) in [6, 6.07) is 7.31. The van der Waals surface area contributed by atoms with Gasteiger partial charge in [-0.2, -0.15) is 0 Å². The molecule has 0 atom stereocenters. The standard InChI is InChI=1S/C19H17F2NO2.H2/c1-3-4-5-13-10-14(7-6-12(13)2)19(24)22-11-15-8-9-16(20)18(23)17(15)21;/h3-10,23H,1,11H2,2H3,(H,22,24);1H/b5-4-;. The lowest BCUT2D eigenvalue weighted by Gasteiger charge is -2.09. The molecule has 3 nitrogen and oxygen atoms in total. The molecular formula is C19H19F2NO2. The molecule has 1 amide bonds. The summed E-state index contributed by atoms with van der Waals surface area (Å²) in [5.74, 6) is -3.56. The molecule has 0 aromatic heterocycles. The second-order valence-corrected chi connectivity index (χ2v) is 5.22. The van der Waals surface area contributed by atoms with E-state index >= 15 is 0 Å². The van der Waals surface area contributed by atoms with E-state index in [1.807, 2.05) is 19.1 Å². The second kappa shape index (κ2) is 7.55. The van der Waals surface area contributed by atoms with Crippen molar-refractivity contribution in [3.8, 4) is 5.75 Å². The van der Waals surface area contributed by atoms with Crippen LogP contribution in [0, 0.1) is 18.6 Å². The maximum Gasteiger partial charge on any atom is 0.251 e. The fourth-order valence-corrected chi connectivity index (χ4v) is 2.13. The van der Waals surface area contributed by atoms with Gasteiger partial charge in [-0.05, 0) is 36.2 Å². The Morgan fingerprint density at radius 2 is 2.08 bits per heavy atom. The summed E-state index contributed by atoms with van der Waals surface area (Å²) < 4.78 is 26.7. The summed E-state index contributed by atoms with van der Waals surface area (Å²) in [5, 5.41) is 11.8. The predicted octanol–water partition coefficient (Wildman–Crippen LogP) is 4.35. The highest BCUT2D eigenvalue weighted by Crippen LogP contribution is 2.23. The Labute approximate surface area is 140 Å². The van der Waals surface area contributed by atoms with Gasteiger partial charge in [-0.1, -0.05) is 36.9 Å². The molecule has 24 heavy (non-hydrogen) atoms. The zero-order valence-corrected chi connectivity index (χ0v) is 13.1. The minimum absolute atomic E-state index is 0. The van der Waals surface area contributed by atoms with Gasteiger partial charge in [0, 0.05) is 19.1 Å². The van der Waals surface area contributed by atoms with Crippen molar-refractivity contribution in [2.24, 2.45) is 0 Å². The third-order valence-corrected chi connectivity index (χ3v) is 3.54. The fourth-order valence-electron chi connectivity index (χ4n) is 2.13. The van der Waals surface area contributed by atoms with Gasteiger partial charge >= 0.3 is 0 Å². The number of amides is 1. The molecule has 0 unspecified atom stereocenters. The molecule has 0 bridgehead atoms. The molecule has 0 aliphatic rings. The Bertz CT molecular complexity index is 819. The van der Waals surface area contributed by atoms with E-state index in [-0.39, 0.29) is 13.5 Å². The Kier molecular flexibility index (Phi) is 5.47. The second-order valence-electron chi connectivity index (χ2n) is 5.22. The van der Waals surface area contributed by atoms with Crippen LogP contribution in [0.5, 0.6) is 5.75 Å². The van der Waals surface area contributed by atoms with Gasteiger partial charge in [0.15, 0.2) is 17.4 Å². The molecule has 0 heterocycles. The molecular weight excluding hydrogens is 312 g/mol. The number of carbonyl (C=O) groups excluding carboxylic acids is 1. The summed E-state index contributed by atoms with van der Waals surface area (Å²) in [6.07, 6.45) is 5.23. The number of halogens is 2. The third-order valence-electron chi connectivity index (χ3n) is 3.54. The highest BCUT2D eigenvalue weighted by atomic mass is 19.1. The largest absolute Gasteiger partial charge is 0.503 e. The van der Waals surface area contributed by atoms with Crippen LogP contribution in [0.3, 0.4) is 0 Å². The number of aryl methyl sites for hydroxylation is 1. The first-order chi connectivity index (χ1) is 11.4. The minimum Gasteiger partial charge on any atom is -0.503 e. The van der Waals surface area contributed by atoms with Crippen molar-refractivity contribution < 1.29 is 20.1 Å². The van der Waals surface area contributed by atoms with Crippen molar-refractivity contribution in [2.75, 3.05) is 0 Å². The average molecular weight is 331 g/mol. The van der Waals surface area contributed by atoms with Crippen molar-refractivity contribution in [2.45, 2.75) is 13.5 Å². The summed E-state index contributed by atoms with van der Waals surface area (Å²) in [4.78, 5) is 12.2. The number of hydrogen-bond acceptors (Lipinski definition) is 2. The van der Waals surface area contributed by atoms with E-state index < -0.39 is 23.3 Å². The van der Waals surface area contributed by atoms with Crippen LogP contribution in [-0.4, -0.2) is 11.0 Å². The first-order valence-corrected chi connectivity index (χ1v) is 7.28. The minimum atomic E-state index is -1.08. The molecule has 2 rings (SSSR count). The fraction of sp³-hybridized carbons (Fsp3) is 0.105. The van der Waals surface area contributed by atoms with Gasteiger partial charge < -0.3 is 10.4 Å². The molecule has 5 heteroatoms. The van der Waals surface area contributed by atoms with Crippen molar-refractivity contribution in [1.29, 1.82) is 0 Å². The molecule has 0 saturated heterocycles. The van der Waals surface area contributed by atoms with E-state index in [0.717, 1.165) is 17.2 Å². The highest BCUT2D eigenvalue weighted by Gasteiger charge is 2.14. The van der Waals surface area contributed by atoms with Crippen molar-refractivity contribution in [3.63, 3.8) is 0 Å². The van der Waals surface area contributed by atoms with Crippen LogP contribution in [0.1, 0.15) is 28.5 Å². The third kappa shape index (κ3) is 3.87. The van der Waals surface area contributed by atoms with Gasteiger partial charge in [-0.3, -0.25) is 4.79 Å². The molecule has 0 aliphatic heterocycles. The van der Waals surface area contributed by atoms with Crippen molar-refractivity contribution >= 4 is 12.0 Å². The predicted molar refractivity (Wildman–Crippen MR) is 91.7 cm³/mol. The van der Waals surface area contributed by atoms with Gasteiger partial charge in [0.05, 0.1) is 0 Å². The molecule has 0 aliphatic carbocycles. The van der Waals surface area contributed by atoms with E-state index in [4.69, 9.17) is 0 Å². The number of rotatable bonds is 5. The van der Waals surface area contributed by atoms with Crippen LogP contribution in [0.15, 0.2) is 49.1 Å². The molecule has 126 valence electrons. The molecule has 0 saturated carbocycles. The van der Waals surface area contributed by atoms with Crippen LogP contribution in [0.4, 0.5) is 8.78 Å². The molecule has 2 aromatic carbocycles. The molecule has 0 fully saturated rings. The van der Waals surface area contributed by atoms with Crippen molar-refractivity contribution in [1.82, 2.24) is 5.32 Å². The number of hydrogen-bond donors (Lipinski definition) is 2. The van der Waals surface area contributed by atoms with Crippen LogP contribution in [-0.2, 0) is 6.54 Å². The molecule has 2 N–H and O–H groups in total. The number of aromatic hydroxyl groups is 1. The molecule has 2 aromatic rings. The van der Waals surface area contributed by atoms with E-state index in [1.54, 1.807) is 24.3 Å². The number of phenols is 1. The van der Waals surface area contributed by atoms with Gasteiger partial charge in [0.25, 0.3) is 5.91 Å². The molecule has 0 spiro atoms. The lowest BCUT2D eigenvalue weighted by Crippen LogP contribution is -2.23. The quantitative estimate of drug-likeness (QED) is 0.800. The zero-order valence-electron chi connectivity index (χ0n) is 13.1. The molecule has 0 radical (unpaired) electrons. The Balaban J connectivity index is 0.00000312. The van der Waals surface area contributed by atoms with Gasteiger partial charge in [0.2, 0.25) is 0 Å². The Morgan fingerprint density at radius 1 is 1.33 bits per heavy atom. The van der Waals surface area contributed by atoms with Crippen LogP contribution in [0.2, 0.25) is 0 Å². The highest BCUT2D eigenvalue weighted by molar-refractivity contribution is 5.94. The van der Waals surface area contributed by atoms with Crippen LogP contribution >= 0.6 is 0 Å². The van der Waals surface area contributed by atoms with E-state index in [2.05, 4.69) is 11.9 Å². The number of phenolic OH excluding ortho intramolecular Hbond substituents is 1. The Hall–Kier alpha value is -2.95. The zero-order chi connectivity index (χ0) is 17.7. The summed E-state index contributed by atoms with van der Waals surface area (Å²) in [5.41, 5.74) is 2.28. The summed E-state index contributed by atoms with van der Waals surface area (Å²) in [7, 11) is 0. The maximum absolute atomic E-state index is 13.7. The maximum atomic E-state index is 13.7. The Morgan fingerprint density at radius 3 is 2.79 bits per heavy atom. The van der Waals surface area contributed by atoms with Crippen molar-refractivity contribution in [3.05, 3.63) is 83.0 Å². The van der Waals surface area contributed by atoms with Gasteiger partial charge in [0.1, 0.15) is 0 Å². The SMILES string of the molecule is C=C/C=C\c1cc(C(=O)NCc2ccc(F)c(O)c2F)ccc1C.[HH]. The van der Waals surface area contributed by atoms with E-state index in [0.29, 0.717) is 5.56 Å². The lowest BCUT2D eigenvalue weighted by atomic mass is 10.0. The van der Waals surface area contributed by atoms with Crippen LogP contribution < -0.4 is 5.32 Å². The topological polar surface area (TPSA) is 49.3 Å². The van der Waals surface area contributed by atoms with Gasteiger partial charge in [-0.15, -0.1) is 0 Å². The average Bonchev–Trinajstić information content (AvgIpc) is 2.58. The van der Waals surface area contributed by atoms with Gasteiger partial charge in [-0.25, -0.2) is 8.78 Å². The van der Waals surface area contributed by atoms with Crippen LogP contribution in [0.25, 0.3) is 6.08 Å². The number of benzene rings is 2. The summed E-state index contributed by atoms with van der Waals surface area (Å²) in [6.45, 7) is 5.35. The van der Waals surface area contributed by atoms with E-state index in [1.165, 1.54) is 6.07 Å². The number of carbonyl (C=O) groups is 1. The number of nitrogens with one attached hydrogen (secondary N) is 1. The smallest absolute Gasteiger partial charge is 0.251 e. The lowest BCUT2D eigenvalue weighted by molar-refractivity contribution is 0.0950. The number of allylic oxidation sites excluding steroid dienone is 2.